The monoisotopic (exact) mass is 254 g/mol. The maximum absolute atomic E-state index is 11.3. The maximum Gasteiger partial charge on any atom is 0.356 e. The van der Waals surface area contributed by atoms with Crippen molar-refractivity contribution in [2.45, 2.75) is 25.1 Å². The quantitative estimate of drug-likeness (QED) is 0.812. The predicted octanol–water partition coefficient (Wildman–Crippen LogP) is 1.84. The van der Waals surface area contributed by atoms with Gasteiger partial charge in [-0.1, -0.05) is 6.07 Å². The lowest BCUT2D eigenvalue weighted by Gasteiger charge is -2.17. The van der Waals surface area contributed by atoms with Gasteiger partial charge >= 0.3 is 5.97 Å². The number of nitrogens with zero attached hydrogens (tertiary/aromatic N) is 1. The molecule has 0 aliphatic heterocycles. The molecule has 0 amide bonds. The summed E-state index contributed by atoms with van der Waals surface area (Å²) in [5, 5.41) is 0. The number of carbonyl (C=O) groups excluding carboxylic acids is 1. The molecule has 0 fully saturated rings. The fourth-order valence-electron chi connectivity index (χ4n) is 1.20. The topological polar surface area (TPSA) is 65.2 Å². The summed E-state index contributed by atoms with van der Waals surface area (Å²) in [5.41, 5.74) is 6.90. The number of thioether (sulfide) groups is 1. The lowest BCUT2D eigenvalue weighted by atomic mass is 10.1. The first kappa shape index (κ1) is 14.0. The van der Waals surface area contributed by atoms with E-state index in [1.54, 1.807) is 17.8 Å². The molecule has 0 saturated carbocycles. The number of esters is 1. The zero-order chi connectivity index (χ0) is 12.9. The molecule has 0 aliphatic rings. The summed E-state index contributed by atoms with van der Waals surface area (Å²) < 4.78 is 4.62. The van der Waals surface area contributed by atoms with Crippen LogP contribution in [0.1, 0.15) is 30.0 Å². The highest BCUT2D eigenvalue weighted by molar-refractivity contribution is 7.98. The molecule has 0 spiro atoms. The van der Waals surface area contributed by atoms with Crippen molar-refractivity contribution >= 4 is 17.7 Å². The van der Waals surface area contributed by atoms with Crippen LogP contribution in [0.3, 0.4) is 0 Å². The zero-order valence-corrected chi connectivity index (χ0v) is 11.2. The van der Waals surface area contributed by atoms with Crippen LogP contribution in [0, 0.1) is 0 Å². The molecule has 0 bridgehead atoms. The van der Waals surface area contributed by atoms with Crippen LogP contribution in [0.4, 0.5) is 0 Å². The minimum absolute atomic E-state index is 0.190. The Labute approximate surface area is 106 Å². The van der Waals surface area contributed by atoms with Crippen molar-refractivity contribution in [2.75, 3.05) is 12.9 Å². The van der Waals surface area contributed by atoms with E-state index < -0.39 is 5.97 Å². The van der Waals surface area contributed by atoms with Gasteiger partial charge < -0.3 is 10.5 Å². The molecule has 17 heavy (non-hydrogen) atoms. The average molecular weight is 254 g/mol. The van der Waals surface area contributed by atoms with E-state index in [9.17, 15) is 4.79 Å². The number of pyridine rings is 1. The van der Waals surface area contributed by atoms with Gasteiger partial charge in [0.2, 0.25) is 0 Å². The van der Waals surface area contributed by atoms with Crippen molar-refractivity contribution in [1.29, 1.82) is 0 Å². The molecule has 4 nitrogen and oxygen atoms in total. The fraction of sp³-hybridized carbons (Fsp3) is 0.500. The van der Waals surface area contributed by atoms with Crippen LogP contribution < -0.4 is 5.73 Å². The summed E-state index contributed by atoms with van der Waals surface area (Å²) in [5.74, 6) is 1.18. The Bertz CT molecular complexity index is 388. The minimum Gasteiger partial charge on any atom is -0.464 e. The van der Waals surface area contributed by atoms with Gasteiger partial charge in [0.05, 0.1) is 12.8 Å². The molecule has 0 saturated heterocycles. The lowest BCUT2D eigenvalue weighted by Crippen LogP contribution is -2.34. The Kier molecular flexibility index (Phi) is 4.96. The molecule has 94 valence electrons. The Hall–Kier alpha value is -1.07. The van der Waals surface area contributed by atoms with E-state index in [2.05, 4.69) is 9.72 Å². The molecule has 1 aromatic rings. The van der Waals surface area contributed by atoms with Gasteiger partial charge in [-0.15, -0.1) is 0 Å². The summed E-state index contributed by atoms with van der Waals surface area (Å²) in [6.07, 6.45) is 0. The molecule has 1 heterocycles. The van der Waals surface area contributed by atoms with E-state index in [-0.39, 0.29) is 5.54 Å². The van der Waals surface area contributed by atoms with Crippen molar-refractivity contribution in [3.05, 3.63) is 29.6 Å². The van der Waals surface area contributed by atoms with Gasteiger partial charge in [-0.2, -0.15) is 11.8 Å². The number of methoxy groups -OCH3 is 1. The van der Waals surface area contributed by atoms with Crippen molar-refractivity contribution in [2.24, 2.45) is 5.73 Å². The molecule has 0 aliphatic carbocycles. The van der Waals surface area contributed by atoms with Crippen LogP contribution >= 0.6 is 11.8 Å². The number of hydrogen-bond donors (Lipinski definition) is 1. The van der Waals surface area contributed by atoms with E-state index in [0.717, 1.165) is 17.2 Å². The molecule has 1 aromatic heterocycles. The maximum atomic E-state index is 11.3. The third kappa shape index (κ3) is 5.19. The van der Waals surface area contributed by atoms with Gasteiger partial charge in [0, 0.05) is 17.0 Å². The van der Waals surface area contributed by atoms with Crippen molar-refractivity contribution in [3.63, 3.8) is 0 Å². The third-order valence-corrected chi connectivity index (χ3v) is 3.37. The summed E-state index contributed by atoms with van der Waals surface area (Å²) in [6.45, 7) is 3.97. The van der Waals surface area contributed by atoms with Crippen LogP contribution in [0.5, 0.6) is 0 Å². The molecule has 0 unspecified atom stereocenters. The fourth-order valence-corrected chi connectivity index (χ4v) is 2.19. The van der Waals surface area contributed by atoms with Crippen LogP contribution in [-0.2, 0) is 10.5 Å². The van der Waals surface area contributed by atoms with Crippen LogP contribution in [0.15, 0.2) is 18.2 Å². The second kappa shape index (κ2) is 6.02. The van der Waals surface area contributed by atoms with E-state index in [0.29, 0.717) is 5.69 Å². The Morgan fingerprint density at radius 2 is 2.24 bits per heavy atom. The number of ether oxygens (including phenoxy) is 1. The summed E-state index contributed by atoms with van der Waals surface area (Å²) >= 11 is 1.70. The van der Waals surface area contributed by atoms with Gasteiger partial charge in [-0.25, -0.2) is 9.78 Å². The zero-order valence-electron chi connectivity index (χ0n) is 10.4. The number of carbonyl (C=O) groups is 1. The van der Waals surface area contributed by atoms with E-state index >= 15 is 0 Å². The highest BCUT2D eigenvalue weighted by Gasteiger charge is 2.11. The highest BCUT2D eigenvalue weighted by atomic mass is 32.2. The summed E-state index contributed by atoms with van der Waals surface area (Å²) in [6, 6.07) is 5.35. The van der Waals surface area contributed by atoms with E-state index in [1.165, 1.54) is 7.11 Å². The second-order valence-electron chi connectivity index (χ2n) is 4.49. The smallest absolute Gasteiger partial charge is 0.356 e. The first-order valence-electron chi connectivity index (χ1n) is 5.33. The number of aromatic nitrogens is 1. The van der Waals surface area contributed by atoms with Crippen LogP contribution in [-0.4, -0.2) is 29.4 Å². The largest absolute Gasteiger partial charge is 0.464 e. The molecule has 2 N–H and O–H groups in total. The average Bonchev–Trinajstić information content (AvgIpc) is 2.27. The molecule has 0 atom stereocenters. The normalized spacial score (nSPS) is 11.3. The number of hydrogen-bond acceptors (Lipinski definition) is 5. The summed E-state index contributed by atoms with van der Waals surface area (Å²) in [4.78, 5) is 15.5. The molecular formula is C12H18N2O2S. The molecule has 0 aromatic carbocycles. The summed E-state index contributed by atoms with van der Waals surface area (Å²) in [7, 11) is 1.35. The molecule has 1 rings (SSSR count). The van der Waals surface area contributed by atoms with E-state index in [1.807, 2.05) is 26.0 Å². The molecule has 5 heteroatoms. The lowest BCUT2D eigenvalue weighted by molar-refractivity contribution is 0.0594. The standard InChI is InChI=1S/C12H18N2O2S/c1-12(2,13)8-17-7-9-5-4-6-10(14-9)11(15)16-3/h4-6H,7-8,13H2,1-3H3. The predicted molar refractivity (Wildman–Crippen MR) is 70.0 cm³/mol. The first-order chi connectivity index (χ1) is 7.92. The number of rotatable bonds is 5. The first-order valence-corrected chi connectivity index (χ1v) is 6.49. The van der Waals surface area contributed by atoms with Crippen LogP contribution in [0.2, 0.25) is 0 Å². The SMILES string of the molecule is COC(=O)c1cccc(CSCC(C)(C)N)n1. The van der Waals surface area contributed by atoms with Gasteiger partial charge in [-0.05, 0) is 26.0 Å². The molecular weight excluding hydrogens is 236 g/mol. The van der Waals surface area contributed by atoms with Crippen molar-refractivity contribution in [3.8, 4) is 0 Å². The highest BCUT2D eigenvalue weighted by Crippen LogP contribution is 2.15. The van der Waals surface area contributed by atoms with Crippen molar-refractivity contribution < 1.29 is 9.53 Å². The number of nitrogens with two attached hydrogens (primary N) is 1. The Morgan fingerprint density at radius 1 is 1.53 bits per heavy atom. The van der Waals surface area contributed by atoms with Crippen molar-refractivity contribution in [1.82, 2.24) is 4.98 Å². The van der Waals surface area contributed by atoms with Gasteiger partial charge in [0.15, 0.2) is 0 Å². The second-order valence-corrected chi connectivity index (χ2v) is 5.47. The third-order valence-electron chi connectivity index (χ3n) is 1.93. The van der Waals surface area contributed by atoms with Crippen LogP contribution in [0.25, 0.3) is 0 Å². The van der Waals surface area contributed by atoms with Gasteiger partial charge in [-0.3, -0.25) is 0 Å². The minimum atomic E-state index is -0.406. The van der Waals surface area contributed by atoms with Gasteiger partial charge in [0.25, 0.3) is 0 Å². The molecule has 0 radical (unpaired) electrons. The Balaban J connectivity index is 2.57. The van der Waals surface area contributed by atoms with Gasteiger partial charge in [0.1, 0.15) is 5.69 Å². The Morgan fingerprint density at radius 3 is 2.82 bits per heavy atom. The van der Waals surface area contributed by atoms with E-state index in [4.69, 9.17) is 5.73 Å².